The molecule has 2 aromatic rings. The number of furan rings is 1. The highest BCUT2D eigenvalue weighted by Crippen LogP contribution is 2.23. The molecule has 0 fully saturated rings. The molecule has 84 valence electrons. The Morgan fingerprint density at radius 1 is 1.38 bits per heavy atom. The van der Waals surface area contributed by atoms with Crippen LogP contribution in [0.3, 0.4) is 0 Å². The molecule has 2 heterocycles. The van der Waals surface area contributed by atoms with Gasteiger partial charge in [0.25, 0.3) is 0 Å². The molecular weight excluding hydrogens is 222 g/mol. The molecule has 0 bridgehead atoms. The van der Waals surface area contributed by atoms with E-state index in [0.717, 1.165) is 21.8 Å². The largest absolute Gasteiger partial charge is 0.466 e. The summed E-state index contributed by atoms with van der Waals surface area (Å²) in [6, 6.07) is 0. The average Bonchev–Trinajstić information content (AvgIpc) is 2.77. The molecule has 3 nitrogen and oxygen atoms in total. The van der Waals surface area contributed by atoms with Crippen molar-refractivity contribution < 1.29 is 9.21 Å². The van der Waals surface area contributed by atoms with E-state index in [4.69, 9.17) is 4.42 Å². The number of hydrogen-bond donors (Lipinski definition) is 0. The normalized spacial score (nSPS) is 10.7. The van der Waals surface area contributed by atoms with Gasteiger partial charge in [-0.3, -0.25) is 9.78 Å². The fourth-order valence-corrected chi connectivity index (χ4v) is 2.37. The van der Waals surface area contributed by atoms with Crippen molar-refractivity contribution in [1.29, 1.82) is 0 Å². The molecule has 0 saturated heterocycles. The molecule has 0 amide bonds. The lowest BCUT2D eigenvalue weighted by molar-refractivity contribution is 0.0992. The number of aromatic nitrogens is 1. The maximum atomic E-state index is 12.1. The lowest BCUT2D eigenvalue weighted by Gasteiger charge is -1.98. The number of carbonyl (C=O) groups is 1. The maximum Gasteiger partial charge on any atom is 0.171 e. The Kier molecular flexibility index (Phi) is 2.92. The quantitative estimate of drug-likeness (QED) is 0.768. The average molecular weight is 235 g/mol. The molecule has 0 aliphatic rings. The Labute approximate surface area is 98.1 Å². The zero-order chi connectivity index (χ0) is 11.7. The molecule has 0 unspecified atom stereocenters. The van der Waals surface area contributed by atoms with Gasteiger partial charge in [0.1, 0.15) is 11.5 Å². The van der Waals surface area contributed by atoms with E-state index >= 15 is 0 Å². The number of nitrogens with zero attached hydrogens (tertiary/aromatic N) is 1. The maximum absolute atomic E-state index is 12.1. The lowest BCUT2D eigenvalue weighted by atomic mass is 10.0. The van der Waals surface area contributed by atoms with E-state index < -0.39 is 0 Å². The number of aryl methyl sites for hydroxylation is 2. The van der Waals surface area contributed by atoms with Crippen LogP contribution in [0.25, 0.3) is 0 Å². The molecule has 0 atom stereocenters. The molecule has 0 spiro atoms. The van der Waals surface area contributed by atoms with Gasteiger partial charge in [0.2, 0.25) is 0 Å². The van der Waals surface area contributed by atoms with Crippen LogP contribution < -0.4 is 0 Å². The summed E-state index contributed by atoms with van der Waals surface area (Å²) in [5.74, 6) is 1.64. The summed E-state index contributed by atoms with van der Waals surface area (Å²) in [6.07, 6.45) is 2.14. The van der Waals surface area contributed by atoms with Crippen LogP contribution in [-0.4, -0.2) is 10.8 Å². The van der Waals surface area contributed by atoms with Gasteiger partial charge in [-0.15, -0.1) is 11.3 Å². The highest BCUT2D eigenvalue weighted by molar-refractivity contribution is 7.09. The monoisotopic (exact) mass is 235 g/mol. The van der Waals surface area contributed by atoms with Crippen LogP contribution in [0.5, 0.6) is 0 Å². The molecule has 0 N–H and O–H groups in total. The van der Waals surface area contributed by atoms with Crippen LogP contribution in [0.2, 0.25) is 0 Å². The Balaban J connectivity index is 2.27. The van der Waals surface area contributed by atoms with E-state index in [1.54, 1.807) is 11.7 Å². The molecule has 0 aromatic carbocycles. The zero-order valence-electron chi connectivity index (χ0n) is 9.53. The van der Waals surface area contributed by atoms with E-state index in [-0.39, 0.29) is 5.78 Å². The lowest BCUT2D eigenvalue weighted by Crippen LogP contribution is -2.04. The van der Waals surface area contributed by atoms with Crippen LogP contribution >= 0.6 is 11.3 Å². The summed E-state index contributed by atoms with van der Waals surface area (Å²) in [5, 5.41) is 0. The Bertz CT molecular complexity index is 511. The molecule has 0 saturated carbocycles. The van der Waals surface area contributed by atoms with Gasteiger partial charge in [-0.25, -0.2) is 0 Å². The third kappa shape index (κ3) is 1.93. The third-order valence-electron chi connectivity index (χ3n) is 2.66. The van der Waals surface area contributed by atoms with Crippen molar-refractivity contribution in [2.24, 2.45) is 0 Å². The molecule has 0 aliphatic carbocycles. The third-order valence-corrected chi connectivity index (χ3v) is 3.44. The fraction of sp³-hybridized carbons (Fsp3) is 0.333. The zero-order valence-corrected chi connectivity index (χ0v) is 10.4. The van der Waals surface area contributed by atoms with Gasteiger partial charge in [-0.1, -0.05) is 0 Å². The molecular formula is C12H13NO2S. The van der Waals surface area contributed by atoms with Crippen LogP contribution in [0.4, 0.5) is 0 Å². The van der Waals surface area contributed by atoms with Gasteiger partial charge in [-0.2, -0.15) is 0 Å². The van der Waals surface area contributed by atoms with Gasteiger partial charge in [0, 0.05) is 23.1 Å². The van der Waals surface area contributed by atoms with Crippen LogP contribution in [0.15, 0.2) is 16.1 Å². The Morgan fingerprint density at radius 3 is 2.62 bits per heavy atom. The van der Waals surface area contributed by atoms with Gasteiger partial charge in [0.15, 0.2) is 5.78 Å². The van der Waals surface area contributed by atoms with Gasteiger partial charge >= 0.3 is 0 Å². The molecule has 0 radical (unpaired) electrons. The van der Waals surface area contributed by atoms with Crippen molar-refractivity contribution in [2.45, 2.75) is 27.2 Å². The minimum atomic E-state index is 0.108. The minimum Gasteiger partial charge on any atom is -0.466 e. The summed E-state index contributed by atoms with van der Waals surface area (Å²) >= 11 is 1.50. The number of carbonyl (C=O) groups excluding carboxylic acids is 1. The Hall–Kier alpha value is -1.42. The van der Waals surface area contributed by atoms with E-state index in [1.165, 1.54) is 11.3 Å². The van der Waals surface area contributed by atoms with Crippen molar-refractivity contribution in [3.63, 3.8) is 0 Å². The van der Waals surface area contributed by atoms with Crippen LogP contribution in [0, 0.1) is 20.8 Å². The van der Waals surface area contributed by atoms with Crippen LogP contribution in [0.1, 0.15) is 32.3 Å². The van der Waals surface area contributed by atoms with Gasteiger partial charge in [0.05, 0.1) is 11.1 Å². The predicted molar refractivity (Wildman–Crippen MR) is 63.1 cm³/mol. The van der Waals surface area contributed by atoms with Gasteiger partial charge < -0.3 is 4.42 Å². The highest BCUT2D eigenvalue weighted by atomic mass is 32.1. The first kappa shape index (κ1) is 11.1. The van der Waals surface area contributed by atoms with Crippen molar-refractivity contribution in [3.8, 4) is 0 Å². The van der Waals surface area contributed by atoms with Crippen LogP contribution in [-0.2, 0) is 6.42 Å². The summed E-state index contributed by atoms with van der Waals surface area (Å²) in [5.41, 5.74) is 3.42. The summed E-state index contributed by atoms with van der Waals surface area (Å²) in [4.78, 5) is 17.0. The first-order valence-corrected chi connectivity index (χ1v) is 5.94. The van der Waals surface area contributed by atoms with Crippen molar-refractivity contribution in [3.05, 3.63) is 39.2 Å². The van der Waals surface area contributed by atoms with E-state index in [1.807, 2.05) is 20.8 Å². The Morgan fingerprint density at radius 2 is 2.12 bits per heavy atom. The molecule has 2 rings (SSSR count). The topological polar surface area (TPSA) is 43.1 Å². The van der Waals surface area contributed by atoms with E-state index in [0.29, 0.717) is 12.2 Å². The first-order chi connectivity index (χ1) is 7.59. The SMILES string of the molecule is Cc1oc(C)c(C(=O)Cc2cncs2)c1C. The minimum absolute atomic E-state index is 0.108. The predicted octanol–water partition coefficient (Wildman–Crippen LogP) is 3.09. The molecule has 4 heteroatoms. The number of thiazole rings is 1. The fourth-order valence-electron chi connectivity index (χ4n) is 1.78. The molecule has 2 aromatic heterocycles. The number of Topliss-reactive ketones (excluding diaryl/α,β-unsaturated/α-hetero) is 1. The standard InChI is InChI=1S/C12H13NO2S/c1-7-8(2)15-9(3)12(7)11(14)4-10-5-13-6-16-10/h5-6H,4H2,1-3H3. The molecule has 16 heavy (non-hydrogen) atoms. The summed E-state index contributed by atoms with van der Waals surface area (Å²) < 4.78 is 5.45. The van der Waals surface area contributed by atoms with E-state index in [2.05, 4.69) is 4.98 Å². The van der Waals surface area contributed by atoms with Crippen molar-refractivity contribution in [2.75, 3.05) is 0 Å². The van der Waals surface area contributed by atoms with Crippen molar-refractivity contribution in [1.82, 2.24) is 4.98 Å². The van der Waals surface area contributed by atoms with E-state index in [9.17, 15) is 4.79 Å². The first-order valence-electron chi connectivity index (χ1n) is 5.06. The summed E-state index contributed by atoms with van der Waals surface area (Å²) in [6.45, 7) is 5.64. The number of rotatable bonds is 3. The smallest absolute Gasteiger partial charge is 0.171 e. The van der Waals surface area contributed by atoms with Crippen molar-refractivity contribution >= 4 is 17.1 Å². The second-order valence-electron chi connectivity index (χ2n) is 3.78. The van der Waals surface area contributed by atoms with Gasteiger partial charge in [-0.05, 0) is 20.8 Å². The molecule has 0 aliphatic heterocycles. The summed E-state index contributed by atoms with van der Waals surface area (Å²) in [7, 11) is 0. The number of ketones is 1. The highest BCUT2D eigenvalue weighted by Gasteiger charge is 2.18. The second kappa shape index (κ2) is 4.22. The number of hydrogen-bond acceptors (Lipinski definition) is 4. The second-order valence-corrected chi connectivity index (χ2v) is 4.75.